The van der Waals surface area contributed by atoms with Gasteiger partial charge in [-0.15, -0.1) is 0 Å². The van der Waals surface area contributed by atoms with E-state index < -0.39 is 20.0 Å². The maximum absolute atomic E-state index is 13.0. The van der Waals surface area contributed by atoms with Crippen molar-refractivity contribution in [2.24, 2.45) is 0 Å². The van der Waals surface area contributed by atoms with Gasteiger partial charge in [0, 0.05) is 26.2 Å². The van der Waals surface area contributed by atoms with E-state index in [2.05, 4.69) is 10.2 Å². The Labute approximate surface area is 165 Å². The van der Waals surface area contributed by atoms with E-state index >= 15 is 0 Å². The quantitative estimate of drug-likeness (QED) is 0.764. The Hall–Kier alpha value is -1.95. The number of H-pyrrole nitrogens is 1. The normalized spacial score (nSPS) is 17.4. The predicted molar refractivity (Wildman–Crippen MR) is 103 cm³/mol. The molecule has 1 aliphatic heterocycles. The Morgan fingerprint density at radius 1 is 0.929 bits per heavy atom. The molecular formula is C17H24N4O5S2. The predicted octanol–water partition coefficient (Wildman–Crippen LogP) is 1.12. The standard InChI is InChI=1S/C17H24N4O5S2/c1-13-17(14(2)19-18-13)28(24,25)21-10-4-9-20(11-12-21)27(22,23)16-7-5-15(26-3)6-8-16/h5-8H,4,9-12H2,1-3H3,(H,18,19). The van der Waals surface area contributed by atoms with E-state index in [0.29, 0.717) is 23.6 Å². The Bertz CT molecular complexity index is 1030. The third kappa shape index (κ3) is 3.79. The summed E-state index contributed by atoms with van der Waals surface area (Å²) < 4.78 is 59.6. The molecule has 11 heteroatoms. The van der Waals surface area contributed by atoms with Crippen LogP contribution < -0.4 is 4.74 Å². The van der Waals surface area contributed by atoms with Gasteiger partial charge in [-0.2, -0.15) is 13.7 Å². The van der Waals surface area contributed by atoms with Crippen molar-refractivity contribution in [3.05, 3.63) is 35.7 Å². The Kier molecular flexibility index (Phi) is 5.80. The summed E-state index contributed by atoms with van der Waals surface area (Å²) in [7, 11) is -5.95. The summed E-state index contributed by atoms with van der Waals surface area (Å²) in [4.78, 5) is 0.324. The number of hydrogen-bond acceptors (Lipinski definition) is 6. The van der Waals surface area contributed by atoms with Crippen LogP contribution >= 0.6 is 0 Å². The second kappa shape index (κ2) is 7.82. The first kappa shape index (κ1) is 20.8. The van der Waals surface area contributed by atoms with Crippen molar-refractivity contribution in [1.82, 2.24) is 18.8 Å². The number of rotatable bonds is 5. The zero-order chi connectivity index (χ0) is 20.5. The number of aromatic amines is 1. The van der Waals surface area contributed by atoms with E-state index in [9.17, 15) is 16.8 Å². The highest BCUT2D eigenvalue weighted by molar-refractivity contribution is 7.89. The van der Waals surface area contributed by atoms with E-state index in [-0.39, 0.29) is 36.0 Å². The average Bonchev–Trinajstić information content (AvgIpc) is 2.87. The molecule has 9 nitrogen and oxygen atoms in total. The number of hydrogen-bond donors (Lipinski definition) is 1. The van der Waals surface area contributed by atoms with Crippen LogP contribution in [0.25, 0.3) is 0 Å². The second-order valence-electron chi connectivity index (χ2n) is 6.60. The molecule has 0 saturated carbocycles. The van der Waals surface area contributed by atoms with Gasteiger partial charge in [0.1, 0.15) is 10.6 Å². The molecule has 0 bridgehead atoms. The summed E-state index contributed by atoms with van der Waals surface area (Å²) in [6.45, 7) is 3.97. The number of nitrogens with zero attached hydrogens (tertiary/aromatic N) is 3. The molecule has 154 valence electrons. The first-order valence-corrected chi connectivity index (χ1v) is 11.7. The van der Waals surface area contributed by atoms with Crippen LogP contribution in [0.5, 0.6) is 5.75 Å². The van der Waals surface area contributed by atoms with Gasteiger partial charge in [0.15, 0.2) is 0 Å². The molecule has 1 aliphatic rings. The van der Waals surface area contributed by atoms with Crippen molar-refractivity contribution in [1.29, 1.82) is 0 Å². The van der Waals surface area contributed by atoms with E-state index in [1.165, 1.54) is 27.9 Å². The lowest BCUT2D eigenvalue weighted by molar-refractivity contribution is 0.403. The number of methoxy groups -OCH3 is 1. The Balaban J connectivity index is 1.81. The smallest absolute Gasteiger partial charge is 0.246 e. The number of ether oxygens (including phenoxy) is 1. The minimum atomic E-state index is -3.74. The first-order chi connectivity index (χ1) is 13.2. The topological polar surface area (TPSA) is 113 Å². The zero-order valence-corrected chi connectivity index (χ0v) is 17.7. The van der Waals surface area contributed by atoms with Gasteiger partial charge in [-0.25, -0.2) is 16.8 Å². The number of benzene rings is 1. The first-order valence-electron chi connectivity index (χ1n) is 8.84. The Morgan fingerprint density at radius 3 is 2.00 bits per heavy atom. The molecule has 1 aromatic carbocycles. The van der Waals surface area contributed by atoms with Crippen molar-refractivity contribution in [3.63, 3.8) is 0 Å². The van der Waals surface area contributed by atoms with E-state index in [1.807, 2.05) is 0 Å². The van der Waals surface area contributed by atoms with Crippen LogP contribution in [0.15, 0.2) is 34.1 Å². The van der Waals surface area contributed by atoms with Gasteiger partial charge in [0.2, 0.25) is 20.0 Å². The molecule has 0 spiro atoms. The fourth-order valence-corrected chi connectivity index (χ4v) is 6.57. The molecule has 2 heterocycles. The highest BCUT2D eigenvalue weighted by Crippen LogP contribution is 2.25. The maximum atomic E-state index is 13.0. The van der Waals surface area contributed by atoms with E-state index in [0.717, 1.165) is 0 Å². The van der Waals surface area contributed by atoms with Gasteiger partial charge in [-0.1, -0.05) is 0 Å². The van der Waals surface area contributed by atoms with Crippen LogP contribution in [0.3, 0.4) is 0 Å². The van der Waals surface area contributed by atoms with E-state index in [1.54, 1.807) is 26.0 Å². The largest absolute Gasteiger partial charge is 0.497 e. The number of sulfonamides is 2. The molecule has 1 aromatic heterocycles. The Morgan fingerprint density at radius 2 is 1.50 bits per heavy atom. The molecule has 1 saturated heterocycles. The molecular weight excluding hydrogens is 404 g/mol. The number of nitrogens with one attached hydrogen (secondary N) is 1. The highest BCUT2D eigenvalue weighted by Gasteiger charge is 2.34. The lowest BCUT2D eigenvalue weighted by atomic mass is 10.3. The van der Waals surface area contributed by atoms with Gasteiger partial charge >= 0.3 is 0 Å². The molecule has 3 rings (SSSR count). The summed E-state index contributed by atoms with van der Waals surface area (Å²) >= 11 is 0. The molecule has 2 aromatic rings. The molecule has 0 amide bonds. The van der Waals surface area contributed by atoms with Crippen LogP contribution in [-0.2, 0) is 20.0 Å². The maximum Gasteiger partial charge on any atom is 0.246 e. The molecule has 28 heavy (non-hydrogen) atoms. The zero-order valence-electron chi connectivity index (χ0n) is 16.0. The van der Waals surface area contributed by atoms with Crippen LogP contribution in [0, 0.1) is 13.8 Å². The average molecular weight is 429 g/mol. The fourth-order valence-electron chi connectivity index (χ4n) is 3.30. The lowest BCUT2D eigenvalue weighted by Crippen LogP contribution is -2.37. The van der Waals surface area contributed by atoms with Crippen LogP contribution in [-0.4, -0.2) is 68.9 Å². The monoisotopic (exact) mass is 428 g/mol. The van der Waals surface area contributed by atoms with Crippen molar-refractivity contribution in [2.75, 3.05) is 33.3 Å². The molecule has 0 unspecified atom stereocenters. The van der Waals surface area contributed by atoms with Gasteiger partial charge in [0.05, 0.1) is 23.4 Å². The summed E-state index contributed by atoms with van der Waals surface area (Å²) in [6, 6.07) is 6.16. The molecule has 0 atom stereocenters. The molecule has 1 N–H and O–H groups in total. The summed E-state index contributed by atoms with van der Waals surface area (Å²) in [5, 5.41) is 6.65. The third-order valence-electron chi connectivity index (χ3n) is 4.77. The number of aryl methyl sites for hydroxylation is 2. The second-order valence-corrected chi connectivity index (χ2v) is 10.4. The van der Waals surface area contributed by atoms with E-state index in [4.69, 9.17) is 4.74 Å². The molecule has 1 fully saturated rings. The number of aromatic nitrogens is 2. The SMILES string of the molecule is COc1ccc(S(=O)(=O)N2CCCN(S(=O)(=O)c3c(C)n[nH]c3C)CC2)cc1. The minimum absolute atomic E-state index is 0.0851. The molecule has 0 radical (unpaired) electrons. The van der Waals surface area contributed by atoms with Crippen LogP contribution in [0.1, 0.15) is 17.8 Å². The van der Waals surface area contributed by atoms with Gasteiger partial charge in [-0.05, 0) is 44.5 Å². The summed E-state index contributed by atoms with van der Waals surface area (Å²) in [5.41, 5.74) is 0.883. The molecule has 0 aliphatic carbocycles. The third-order valence-corrected chi connectivity index (χ3v) is 8.84. The summed E-state index contributed by atoms with van der Waals surface area (Å²) in [5.74, 6) is 0.568. The fraction of sp³-hybridized carbons (Fsp3) is 0.471. The van der Waals surface area contributed by atoms with Crippen molar-refractivity contribution in [3.8, 4) is 5.75 Å². The van der Waals surface area contributed by atoms with Gasteiger partial charge < -0.3 is 4.74 Å². The summed E-state index contributed by atoms with van der Waals surface area (Å²) in [6.07, 6.45) is 0.407. The highest BCUT2D eigenvalue weighted by atomic mass is 32.2. The van der Waals surface area contributed by atoms with Crippen LogP contribution in [0.4, 0.5) is 0 Å². The van der Waals surface area contributed by atoms with Crippen molar-refractivity contribution >= 4 is 20.0 Å². The van der Waals surface area contributed by atoms with Gasteiger partial charge in [-0.3, -0.25) is 5.10 Å². The lowest BCUT2D eigenvalue weighted by Gasteiger charge is -2.22. The van der Waals surface area contributed by atoms with Crippen molar-refractivity contribution in [2.45, 2.75) is 30.1 Å². The minimum Gasteiger partial charge on any atom is -0.497 e. The van der Waals surface area contributed by atoms with Crippen LogP contribution in [0.2, 0.25) is 0 Å². The van der Waals surface area contributed by atoms with Gasteiger partial charge in [0.25, 0.3) is 0 Å². The van der Waals surface area contributed by atoms with Crippen molar-refractivity contribution < 1.29 is 21.6 Å².